The average molecular weight is 1190 g/mol. The predicted molar refractivity (Wildman–Crippen MR) is 335 cm³/mol. The molecule has 0 saturated carbocycles. The van der Waals surface area contributed by atoms with E-state index in [2.05, 4.69) is 136 Å². The maximum Gasteiger partial charge on any atom is 0.334 e. The van der Waals surface area contributed by atoms with Crippen LogP contribution in [0.5, 0.6) is 0 Å². The molecule has 6 rings (SSSR count). The molecule has 0 aliphatic carbocycles. The topological polar surface area (TPSA) is 114 Å². The summed E-state index contributed by atoms with van der Waals surface area (Å²) in [6.45, 7) is 49.0. The van der Waals surface area contributed by atoms with Crippen LogP contribution in [0.3, 0.4) is 0 Å². The molecule has 6 aliphatic heterocycles. The minimum atomic E-state index is -1.94. The van der Waals surface area contributed by atoms with E-state index < -0.39 is 59.4 Å². The summed E-state index contributed by atoms with van der Waals surface area (Å²) >= 11 is 0. The SMILES string of the molecule is C=CCN1CCC[Si]1(C)OC.CCCCN1CCC[Si]1(C)OC.CCN1CCC[Si]1(CO)OC.CCO[Si](C)(CCCN1CCC[Si]1(C)OCC)OCC.CO[Si]1(C)CCCN1C.CO[Si]1(C)CCCN1C(C)(C)C. The molecule has 0 radical (unpaired) electrons. The number of aliphatic hydroxyl groups is 1. The summed E-state index contributed by atoms with van der Waals surface area (Å²) in [4.78, 5) is 0. The molecule has 6 aliphatic rings. The van der Waals surface area contributed by atoms with E-state index in [0.29, 0.717) is 0 Å². The van der Waals surface area contributed by atoms with Gasteiger partial charge in [-0.1, -0.05) is 26.3 Å². The van der Waals surface area contributed by atoms with Gasteiger partial charge in [0.2, 0.25) is 0 Å². The van der Waals surface area contributed by atoms with Crippen LogP contribution in [0.15, 0.2) is 12.7 Å². The Kier molecular flexibility index (Phi) is 35.6. The molecule has 6 heterocycles. The molecule has 1 N–H and O–H groups in total. The quantitative estimate of drug-likeness (QED) is 0.0819. The highest BCUT2D eigenvalue weighted by molar-refractivity contribution is 6.72. The van der Waals surface area contributed by atoms with Crippen LogP contribution in [0.25, 0.3) is 0 Å². The summed E-state index contributed by atoms with van der Waals surface area (Å²) in [5.74, 6) is 0. The third-order valence-corrected chi connectivity index (χ3v) is 44.6. The van der Waals surface area contributed by atoms with Gasteiger partial charge in [0.1, 0.15) is 0 Å². The first-order chi connectivity index (χ1) is 35.3. The number of hydrogen-bond acceptors (Lipinski definition) is 15. The Hall–Kier alpha value is 0.658. The third kappa shape index (κ3) is 23.1. The maximum absolute atomic E-state index is 9.21. The molecule has 22 heteroatoms. The predicted octanol–water partition coefficient (Wildman–Crippen LogP) is 10.7. The van der Waals surface area contributed by atoms with Crippen molar-refractivity contribution < 1.29 is 40.5 Å². The van der Waals surface area contributed by atoms with E-state index in [1.165, 1.54) is 127 Å². The van der Waals surface area contributed by atoms with Crippen molar-refractivity contribution in [2.75, 3.05) is 134 Å². The first kappa shape index (κ1) is 73.7. The van der Waals surface area contributed by atoms with Gasteiger partial charge in [-0.25, -0.2) is 0 Å². The molecule has 6 atom stereocenters. The zero-order valence-electron chi connectivity index (χ0n) is 52.9. The van der Waals surface area contributed by atoms with Gasteiger partial charge in [0.15, 0.2) is 0 Å². The van der Waals surface area contributed by atoms with E-state index in [1.54, 1.807) is 7.11 Å². The fourth-order valence-electron chi connectivity index (χ4n) is 12.1. The molecule has 15 nitrogen and oxygen atoms in total. The second-order valence-corrected chi connectivity index (χ2v) is 50.0. The minimum Gasteiger partial charge on any atom is -0.406 e. The van der Waals surface area contributed by atoms with Crippen LogP contribution in [0.4, 0.5) is 0 Å². The molecule has 0 bridgehead atoms. The van der Waals surface area contributed by atoms with Crippen molar-refractivity contribution in [2.45, 2.75) is 200 Å². The Labute approximate surface area is 471 Å². The van der Waals surface area contributed by atoms with Crippen molar-refractivity contribution in [1.82, 2.24) is 27.4 Å². The molecule has 0 spiro atoms. The largest absolute Gasteiger partial charge is 0.406 e. The Morgan fingerprint density at radius 3 is 1.39 bits per heavy atom. The zero-order chi connectivity index (χ0) is 57.0. The lowest BCUT2D eigenvalue weighted by atomic mass is 10.1. The van der Waals surface area contributed by atoms with Crippen molar-refractivity contribution in [3.05, 3.63) is 12.7 Å². The van der Waals surface area contributed by atoms with Gasteiger partial charge in [-0.15, -0.1) is 6.58 Å². The van der Waals surface area contributed by atoms with Crippen molar-refractivity contribution in [2.24, 2.45) is 0 Å². The second kappa shape index (κ2) is 36.3. The molecule has 6 fully saturated rings. The van der Waals surface area contributed by atoms with Crippen LogP contribution < -0.4 is 0 Å². The molecule has 448 valence electrons. The average Bonchev–Trinajstić information content (AvgIpc) is 4.26. The standard InChI is InChI=1S/C14H33NO3Si2.2C9H21NOSi.C8H17NOSi.C7H17NO2Si.C6H15NOSi/c1-6-16-19(4)13-9-11-15(19)12-10-14-20(5,17-7-2)18-8-3;1-9(2,3)10-7-6-8-12(10,5)11-4;1-4-5-7-10-8-6-9-12(10,3)11-2;1-4-6-9-7-5-8-11(9,3)10-2;1-3-8-5-4-6-11(8,7-9)10-2;1-7-5-4-6-9(7,3)8-2/h6-14H2,1-5H3;6-8H2,1-5H3;4-9H2,1-3H3;4H,1,5-8H2,2-3H3;9H,3-7H2,1-2H3;4-6H2,1-3H3. The van der Waals surface area contributed by atoms with E-state index in [4.69, 9.17) is 35.4 Å². The van der Waals surface area contributed by atoms with Gasteiger partial charge in [0, 0.05) is 67.5 Å². The van der Waals surface area contributed by atoms with Gasteiger partial charge < -0.3 is 58.8 Å². The second-order valence-electron chi connectivity index (χ2n) is 23.5. The monoisotopic (exact) mass is 1180 g/mol. The summed E-state index contributed by atoms with van der Waals surface area (Å²) in [7, 11) is 0.336. The number of aliphatic hydroxyl groups excluding tert-OH is 1. The van der Waals surface area contributed by atoms with Gasteiger partial charge in [0.25, 0.3) is 50.9 Å². The van der Waals surface area contributed by atoms with Gasteiger partial charge in [-0.05, 0) is 240 Å². The highest BCUT2D eigenvalue weighted by Crippen LogP contribution is 2.33. The fourth-order valence-corrected chi connectivity index (χ4v) is 32.5. The highest BCUT2D eigenvalue weighted by Gasteiger charge is 2.47. The van der Waals surface area contributed by atoms with E-state index in [9.17, 15) is 5.11 Å². The lowest BCUT2D eigenvalue weighted by Gasteiger charge is -2.41. The molecular formula is C53H124N6O9Si7. The summed E-state index contributed by atoms with van der Waals surface area (Å²) in [6.07, 6.45) is 13.8. The first-order valence-corrected chi connectivity index (χ1v) is 47.3. The number of nitrogens with zero attached hydrogens (tertiary/aromatic N) is 6. The van der Waals surface area contributed by atoms with E-state index >= 15 is 0 Å². The summed E-state index contributed by atoms with van der Waals surface area (Å²) < 4.78 is 60.8. The minimum absolute atomic E-state index is 0.247. The van der Waals surface area contributed by atoms with Crippen molar-refractivity contribution >= 4 is 59.4 Å². The van der Waals surface area contributed by atoms with E-state index in [1.807, 2.05) is 34.5 Å². The van der Waals surface area contributed by atoms with Gasteiger partial charge in [-0.3, -0.25) is 9.13 Å². The van der Waals surface area contributed by atoms with Crippen molar-refractivity contribution in [1.29, 1.82) is 0 Å². The zero-order valence-corrected chi connectivity index (χ0v) is 59.9. The molecular weight excluding hydrogens is 1060 g/mol. The fraction of sp³-hybridized carbons (Fsp3) is 0.962. The molecule has 0 aromatic carbocycles. The molecule has 0 amide bonds. The van der Waals surface area contributed by atoms with Crippen LogP contribution in [-0.2, 0) is 35.4 Å². The molecule has 6 saturated heterocycles. The van der Waals surface area contributed by atoms with Crippen LogP contribution >= 0.6 is 0 Å². The molecule has 6 unspecified atom stereocenters. The van der Waals surface area contributed by atoms with Gasteiger partial charge in [0.05, 0.1) is 6.23 Å². The normalized spacial score (nSPS) is 30.9. The van der Waals surface area contributed by atoms with Crippen molar-refractivity contribution in [3.63, 3.8) is 0 Å². The van der Waals surface area contributed by atoms with Crippen LogP contribution in [0, 0.1) is 0 Å². The Balaban J connectivity index is 0.000000459. The summed E-state index contributed by atoms with van der Waals surface area (Å²) in [6, 6.07) is 8.66. The maximum atomic E-state index is 9.21. The smallest absolute Gasteiger partial charge is 0.334 e. The number of hydrogen-bond donors (Lipinski definition) is 1. The van der Waals surface area contributed by atoms with Crippen LogP contribution in [0.1, 0.15) is 113 Å². The molecule has 0 aromatic heterocycles. The first-order valence-electron chi connectivity index (χ1n) is 29.7. The Morgan fingerprint density at radius 1 is 0.547 bits per heavy atom. The molecule has 75 heavy (non-hydrogen) atoms. The Bertz CT molecular complexity index is 1520. The lowest BCUT2D eigenvalue weighted by Crippen LogP contribution is -2.56. The third-order valence-electron chi connectivity index (χ3n) is 17.4. The summed E-state index contributed by atoms with van der Waals surface area (Å²) in [5, 5.41) is 9.21. The number of rotatable bonds is 22. The highest BCUT2D eigenvalue weighted by atomic mass is 28.4. The van der Waals surface area contributed by atoms with Crippen LogP contribution in [0.2, 0.25) is 81.6 Å². The van der Waals surface area contributed by atoms with Gasteiger partial charge in [-0.2, -0.15) is 0 Å². The lowest BCUT2D eigenvalue weighted by molar-refractivity contribution is 0.187. The molecule has 0 aromatic rings. The van der Waals surface area contributed by atoms with Gasteiger partial charge >= 0.3 is 8.56 Å². The Morgan fingerprint density at radius 2 is 0.987 bits per heavy atom. The van der Waals surface area contributed by atoms with E-state index in [0.717, 1.165) is 58.1 Å². The van der Waals surface area contributed by atoms with E-state index in [-0.39, 0.29) is 11.8 Å². The number of unbranched alkanes of at least 4 members (excludes halogenated alkanes) is 1. The van der Waals surface area contributed by atoms with Crippen LogP contribution in [-0.4, -0.2) is 232 Å². The summed E-state index contributed by atoms with van der Waals surface area (Å²) in [5.41, 5.74) is 0.285. The van der Waals surface area contributed by atoms with Crippen molar-refractivity contribution in [3.8, 4) is 0 Å².